The second kappa shape index (κ2) is 5.44. The van der Waals surface area contributed by atoms with Crippen molar-refractivity contribution >= 4 is 23.0 Å². The average molecular weight is 313 g/mol. The Balaban J connectivity index is 2.03. The van der Waals surface area contributed by atoms with Crippen molar-refractivity contribution in [3.8, 4) is 0 Å². The number of piperidine rings is 1. The van der Waals surface area contributed by atoms with Crippen LogP contribution in [0.3, 0.4) is 0 Å². The van der Waals surface area contributed by atoms with Gasteiger partial charge in [0.2, 0.25) is 0 Å². The number of fused-ring (bicyclic) bond motifs is 2. The second-order valence-corrected chi connectivity index (χ2v) is 6.11. The number of halogens is 1. The van der Waals surface area contributed by atoms with E-state index in [1.165, 1.54) is 6.07 Å². The van der Waals surface area contributed by atoms with Crippen LogP contribution in [0.4, 0.5) is 11.4 Å². The Bertz CT molecular complexity index is 566. The number of aliphatic hydroxyl groups excluding tert-OH is 2. The van der Waals surface area contributed by atoms with E-state index in [4.69, 9.17) is 11.6 Å². The van der Waals surface area contributed by atoms with Crippen molar-refractivity contribution in [1.82, 2.24) is 0 Å². The first-order valence-electron chi connectivity index (χ1n) is 7.06. The Hall–Kier alpha value is -1.37. The standard InChI is InChI=1S/C14H17ClN2O4/c15-14-11(7-18)12(3-4-13(14)17(20)21)16-8-1-2-9(16)6-10(19)5-8/h3-4,8-10,18-19H,1-2,5-7H2. The summed E-state index contributed by atoms with van der Waals surface area (Å²) in [6, 6.07) is 3.48. The van der Waals surface area contributed by atoms with E-state index in [9.17, 15) is 20.3 Å². The molecular weight excluding hydrogens is 296 g/mol. The van der Waals surface area contributed by atoms with E-state index in [0.29, 0.717) is 18.4 Å². The van der Waals surface area contributed by atoms with Crippen molar-refractivity contribution in [2.24, 2.45) is 0 Å². The molecule has 1 aromatic carbocycles. The van der Waals surface area contributed by atoms with Crippen LogP contribution in [0.15, 0.2) is 12.1 Å². The molecule has 0 aliphatic carbocycles. The van der Waals surface area contributed by atoms with Crippen LogP contribution >= 0.6 is 11.6 Å². The van der Waals surface area contributed by atoms with Crippen molar-refractivity contribution in [1.29, 1.82) is 0 Å². The summed E-state index contributed by atoms with van der Waals surface area (Å²) < 4.78 is 0. The SMILES string of the molecule is O=[N+]([O-])c1ccc(N2C3CCC2CC(O)C3)c(CO)c1Cl. The van der Waals surface area contributed by atoms with Crippen molar-refractivity contribution < 1.29 is 15.1 Å². The van der Waals surface area contributed by atoms with Gasteiger partial charge in [0.25, 0.3) is 5.69 Å². The predicted molar refractivity (Wildman–Crippen MR) is 78.6 cm³/mol. The molecule has 2 bridgehead atoms. The zero-order valence-corrected chi connectivity index (χ0v) is 12.2. The van der Waals surface area contributed by atoms with Crippen LogP contribution in [-0.4, -0.2) is 33.3 Å². The van der Waals surface area contributed by atoms with E-state index >= 15 is 0 Å². The van der Waals surface area contributed by atoms with Crippen LogP contribution in [0, 0.1) is 10.1 Å². The van der Waals surface area contributed by atoms with Gasteiger partial charge in [0.15, 0.2) is 0 Å². The molecule has 2 N–H and O–H groups in total. The number of anilines is 1. The molecule has 6 nitrogen and oxygen atoms in total. The maximum atomic E-state index is 11.0. The van der Waals surface area contributed by atoms with Gasteiger partial charge in [-0.15, -0.1) is 0 Å². The van der Waals surface area contributed by atoms with Gasteiger partial charge in [0, 0.05) is 29.4 Å². The van der Waals surface area contributed by atoms with Crippen LogP contribution in [0.2, 0.25) is 5.02 Å². The normalized spacial score (nSPS) is 28.0. The Morgan fingerprint density at radius 3 is 2.48 bits per heavy atom. The third-order valence-corrected chi connectivity index (χ3v) is 4.96. The summed E-state index contributed by atoms with van der Waals surface area (Å²) in [6.45, 7) is -0.339. The summed E-state index contributed by atoms with van der Waals surface area (Å²) in [5.41, 5.74) is 0.973. The molecule has 2 aliphatic rings. The van der Waals surface area contributed by atoms with Gasteiger partial charge in [-0.1, -0.05) is 11.6 Å². The van der Waals surface area contributed by atoms with Crippen LogP contribution in [0.1, 0.15) is 31.2 Å². The Morgan fingerprint density at radius 1 is 1.33 bits per heavy atom. The minimum Gasteiger partial charge on any atom is -0.393 e. The van der Waals surface area contributed by atoms with Crippen molar-refractivity contribution in [2.45, 2.75) is 50.5 Å². The van der Waals surface area contributed by atoms with Gasteiger partial charge in [0.1, 0.15) is 5.02 Å². The molecule has 2 heterocycles. The number of nitro benzene ring substituents is 1. The first-order valence-corrected chi connectivity index (χ1v) is 7.43. The molecule has 21 heavy (non-hydrogen) atoms. The Labute approximate surface area is 127 Å². The number of nitro groups is 1. The third kappa shape index (κ3) is 2.37. The molecule has 7 heteroatoms. The molecule has 2 saturated heterocycles. The minimum absolute atomic E-state index is 0.00511. The largest absolute Gasteiger partial charge is 0.393 e. The Kier molecular flexibility index (Phi) is 3.77. The third-order valence-electron chi connectivity index (χ3n) is 4.54. The quantitative estimate of drug-likeness (QED) is 0.660. The first-order chi connectivity index (χ1) is 10.0. The van der Waals surface area contributed by atoms with Gasteiger partial charge in [-0.25, -0.2) is 0 Å². The molecule has 2 unspecified atom stereocenters. The summed E-state index contributed by atoms with van der Waals surface area (Å²) in [5.74, 6) is 0. The highest BCUT2D eigenvalue weighted by Crippen LogP contribution is 2.43. The molecule has 2 atom stereocenters. The van der Waals surface area contributed by atoms with Crippen LogP contribution in [0.25, 0.3) is 0 Å². The number of nitrogens with zero attached hydrogens (tertiary/aromatic N) is 2. The lowest BCUT2D eigenvalue weighted by Crippen LogP contribution is -2.45. The van der Waals surface area contributed by atoms with E-state index in [0.717, 1.165) is 18.5 Å². The Morgan fingerprint density at radius 2 is 1.95 bits per heavy atom. The lowest BCUT2D eigenvalue weighted by molar-refractivity contribution is -0.384. The summed E-state index contributed by atoms with van der Waals surface area (Å²) in [7, 11) is 0. The van der Waals surface area contributed by atoms with Crippen LogP contribution in [-0.2, 0) is 6.61 Å². The monoisotopic (exact) mass is 312 g/mol. The first kappa shape index (κ1) is 14.6. The smallest absolute Gasteiger partial charge is 0.288 e. The number of hydrogen-bond acceptors (Lipinski definition) is 5. The highest BCUT2D eigenvalue weighted by molar-refractivity contribution is 6.33. The van der Waals surface area contributed by atoms with Gasteiger partial charge < -0.3 is 15.1 Å². The second-order valence-electron chi connectivity index (χ2n) is 5.73. The molecule has 2 aliphatic heterocycles. The molecule has 1 aromatic rings. The molecule has 0 amide bonds. The summed E-state index contributed by atoms with van der Waals surface area (Å²) in [6.07, 6.45) is 3.07. The fourth-order valence-corrected chi connectivity index (χ4v) is 3.96. The molecule has 3 rings (SSSR count). The van der Waals surface area contributed by atoms with Crippen LogP contribution in [0.5, 0.6) is 0 Å². The number of aliphatic hydroxyl groups is 2. The molecular formula is C14H17ClN2O4. The van der Waals surface area contributed by atoms with E-state index < -0.39 is 4.92 Å². The van der Waals surface area contributed by atoms with Gasteiger partial charge in [0.05, 0.1) is 17.6 Å². The van der Waals surface area contributed by atoms with Gasteiger partial charge in [-0.3, -0.25) is 10.1 Å². The van der Waals surface area contributed by atoms with E-state index in [-0.39, 0.29) is 35.5 Å². The fourth-order valence-electron chi connectivity index (χ4n) is 3.67. The lowest BCUT2D eigenvalue weighted by atomic mass is 9.97. The average Bonchev–Trinajstić information content (AvgIpc) is 2.69. The van der Waals surface area contributed by atoms with Crippen molar-refractivity contribution in [3.05, 3.63) is 32.8 Å². The summed E-state index contributed by atoms with van der Waals surface area (Å²) >= 11 is 6.10. The number of rotatable bonds is 3. The number of benzene rings is 1. The van der Waals surface area contributed by atoms with Gasteiger partial charge >= 0.3 is 0 Å². The maximum absolute atomic E-state index is 11.0. The topological polar surface area (TPSA) is 86.8 Å². The highest BCUT2D eigenvalue weighted by atomic mass is 35.5. The number of hydrogen-bond donors (Lipinski definition) is 2. The zero-order valence-electron chi connectivity index (χ0n) is 11.4. The lowest BCUT2D eigenvalue weighted by Gasteiger charge is -2.40. The molecule has 0 spiro atoms. The fraction of sp³-hybridized carbons (Fsp3) is 0.571. The highest BCUT2D eigenvalue weighted by Gasteiger charge is 2.41. The van der Waals surface area contributed by atoms with Crippen molar-refractivity contribution in [2.75, 3.05) is 4.90 Å². The summed E-state index contributed by atoms with van der Waals surface area (Å²) in [4.78, 5) is 12.6. The van der Waals surface area contributed by atoms with E-state index in [2.05, 4.69) is 4.90 Å². The molecule has 0 aromatic heterocycles. The molecule has 2 fully saturated rings. The predicted octanol–water partition coefficient (Wildman–Crippen LogP) is 2.23. The van der Waals surface area contributed by atoms with Crippen molar-refractivity contribution in [3.63, 3.8) is 0 Å². The van der Waals surface area contributed by atoms with Gasteiger partial charge in [-0.05, 0) is 31.7 Å². The minimum atomic E-state index is -0.542. The summed E-state index contributed by atoms with van der Waals surface area (Å²) in [5, 5.41) is 30.4. The van der Waals surface area contributed by atoms with Crippen LogP contribution < -0.4 is 4.90 Å². The van der Waals surface area contributed by atoms with E-state index in [1.54, 1.807) is 6.07 Å². The molecule has 0 radical (unpaired) electrons. The van der Waals surface area contributed by atoms with Gasteiger partial charge in [-0.2, -0.15) is 0 Å². The zero-order chi connectivity index (χ0) is 15.1. The maximum Gasteiger partial charge on any atom is 0.288 e. The van der Waals surface area contributed by atoms with E-state index in [1.807, 2.05) is 0 Å². The molecule has 0 saturated carbocycles. The molecule has 114 valence electrons.